The second-order valence-corrected chi connectivity index (χ2v) is 4.00. The summed E-state index contributed by atoms with van der Waals surface area (Å²) in [6, 6.07) is 8.07. The largest absolute Gasteiger partial charge is 0.508 e. The Morgan fingerprint density at radius 2 is 2.21 bits per heavy atom. The summed E-state index contributed by atoms with van der Waals surface area (Å²) in [5.74, 6) is -0.267. The van der Waals surface area contributed by atoms with Crippen LogP contribution in [-0.4, -0.2) is 26.2 Å². The van der Waals surface area contributed by atoms with Crippen molar-refractivity contribution in [1.29, 1.82) is 0 Å². The molecule has 0 radical (unpaired) electrons. The van der Waals surface area contributed by atoms with Crippen molar-refractivity contribution < 1.29 is 9.90 Å². The molecular formula is C13H10N4O2. The zero-order valence-corrected chi connectivity index (χ0v) is 9.79. The number of aromatic nitrogens is 3. The van der Waals surface area contributed by atoms with Crippen molar-refractivity contribution >= 4 is 22.5 Å². The molecule has 19 heavy (non-hydrogen) atoms. The van der Waals surface area contributed by atoms with Crippen LogP contribution in [0, 0.1) is 0 Å². The number of fused-ring (bicyclic) bond motifs is 1. The zero-order chi connectivity index (χ0) is 13.2. The van der Waals surface area contributed by atoms with Crippen molar-refractivity contribution in [1.82, 2.24) is 15.2 Å². The lowest BCUT2D eigenvalue weighted by atomic mass is 10.2. The van der Waals surface area contributed by atoms with E-state index in [1.807, 2.05) is 0 Å². The molecule has 0 aliphatic carbocycles. The number of nitrogens with one attached hydrogen (secondary N) is 2. The highest BCUT2D eigenvalue weighted by molar-refractivity contribution is 6.10. The Balaban J connectivity index is 1.92. The summed E-state index contributed by atoms with van der Waals surface area (Å²) in [5, 5.41) is 19.4. The number of aromatic amines is 1. The van der Waals surface area contributed by atoms with Gasteiger partial charge in [-0.3, -0.25) is 14.9 Å². The average Bonchev–Trinajstić information content (AvgIpc) is 2.82. The zero-order valence-electron chi connectivity index (χ0n) is 9.79. The Morgan fingerprint density at radius 3 is 3.05 bits per heavy atom. The van der Waals surface area contributed by atoms with E-state index in [-0.39, 0.29) is 17.4 Å². The van der Waals surface area contributed by atoms with Gasteiger partial charge in [0.2, 0.25) is 0 Å². The highest BCUT2D eigenvalue weighted by Crippen LogP contribution is 2.18. The molecule has 3 aromatic rings. The first-order valence-corrected chi connectivity index (χ1v) is 5.62. The third-order valence-corrected chi connectivity index (χ3v) is 2.68. The minimum Gasteiger partial charge on any atom is -0.508 e. The van der Waals surface area contributed by atoms with E-state index in [4.69, 9.17) is 0 Å². The molecule has 0 spiro atoms. The number of carbonyl (C=O) groups excluding carboxylic acids is 1. The van der Waals surface area contributed by atoms with E-state index in [0.29, 0.717) is 11.1 Å². The lowest BCUT2D eigenvalue weighted by Gasteiger charge is -2.03. The van der Waals surface area contributed by atoms with E-state index in [1.54, 1.807) is 30.6 Å². The molecule has 0 unspecified atom stereocenters. The number of pyridine rings is 1. The summed E-state index contributed by atoms with van der Waals surface area (Å²) in [5.41, 5.74) is 1.52. The normalized spacial score (nSPS) is 10.5. The van der Waals surface area contributed by atoms with Gasteiger partial charge in [0.05, 0.1) is 10.9 Å². The second-order valence-electron chi connectivity index (χ2n) is 4.00. The Morgan fingerprint density at radius 1 is 1.32 bits per heavy atom. The summed E-state index contributed by atoms with van der Waals surface area (Å²) in [6.07, 6.45) is 3.20. The maximum Gasteiger partial charge on any atom is 0.276 e. The number of phenols is 1. The van der Waals surface area contributed by atoms with Crippen LogP contribution in [0.4, 0.5) is 5.69 Å². The van der Waals surface area contributed by atoms with Crippen LogP contribution in [0.3, 0.4) is 0 Å². The second kappa shape index (κ2) is 4.41. The first kappa shape index (κ1) is 11.2. The minimum atomic E-state index is -0.357. The highest BCUT2D eigenvalue weighted by atomic mass is 16.3. The summed E-state index contributed by atoms with van der Waals surface area (Å²) in [7, 11) is 0. The monoisotopic (exact) mass is 254 g/mol. The van der Waals surface area contributed by atoms with Gasteiger partial charge in [0, 0.05) is 24.1 Å². The van der Waals surface area contributed by atoms with Gasteiger partial charge < -0.3 is 10.4 Å². The maximum absolute atomic E-state index is 12.1. The van der Waals surface area contributed by atoms with Crippen molar-refractivity contribution in [3.8, 4) is 5.75 Å². The lowest BCUT2D eigenvalue weighted by Crippen LogP contribution is -2.12. The number of hydrogen-bond acceptors (Lipinski definition) is 4. The van der Waals surface area contributed by atoms with Gasteiger partial charge in [-0.1, -0.05) is 6.07 Å². The summed E-state index contributed by atoms with van der Waals surface area (Å²) in [4.78, 5) is 16.1. The number of hydrogen-bond donors (Lipinski definition) is 3. The minimum absolute atomic E-state index is 0.0892. The van der Waals surface area contributed by atoms with E-state index in [2.05, 4.69) is 20.5 Å². The van der Waals surface area contributed by atoms with Gasteiger partial charge >= 0.3 is 0 Å². The van der Waals surface area contributed by atoms with E-state index in [0.717, 1.165) is 5.52 Å². The average molecular weight is 254 g/mol. The van der Waals surface area contributed by atoms with Crippen LogP contribution in [0.25, 0.3) is 10.9 Å². The van der Waals surface area contributed by atoms with Gasteiger partial charge in [0.15, 0.2) is 5.69 Å². The Kier molecular flexibility index (Phi) is 2.60. The molecule has 0 saturated carbocycles. The first-order valence-electron chi connectivity index (χ1n) is 5.62. The standard InChI is InChI=1S/C13H10N4O2/c18-9-3-1-2-8(6-9)15-13(19)12-10-7-14-5-4-11(10)16-17-12/h1-7,18H,(H,15,19)(H,16,17). The third-order valence-electron chi connectivity index (χ3n) is 2.68. The van der Waals surface area contributed by atoms with Gasteiger partial charge in [0.1, 0.15) is 5.75 Å². The fourth-order valence-electron chi connectivity index (χ4n) is 1.80. The number of H-pyrrole nitrogens is 1. The molecule has 94 valence electrons. The summed E-state index contributed by atoms with van der Waals surface area (Å²) >= 11 is 0. The van der Waals surface area contributed by atoms with Gasteiger partial charge in [-0.2, -0.15) is 5.10 Å². The third kappa shape index (κ3) is 2.11. The molecule has 2 aromatic heterocycles. The molecule has 2 heterocycles. The van der Waals surface area contributed by atoms with Crippen molar-refractivity contribution in [2.24, 2.45) is 0 Å². The molecule has 0 aliphatic heterocycles. The van der Waals surface area contributed by atoms with Crippen molar-refractivity contribution in [3.05, 3.63) is 48.4 Å². The van der Waals surface area contributed by atoms with Crippen LogP contribution in [0.5, 0.6) is 5.75 Å². The number of anilines is 1. The lowest BCUT2D eigenvalue weighted by molar-refractivity contribution is 0.102. The molecule has 0 bridgehead atoms. The van der Waals surface area contributed by atoms with Crippen molar-refractivity contribution in [2.75, 3.05) is 5.32 Å². The van der Waals surface area contributed by atoms with Crippen LogP contribution in [0.1, 0.15) is 10.5 Å². The van der Waals surface area contributed by atoms with Crippen molar-refractivity contribution in [3.63, 3.8) is 0 Å². The predicted molar refractivity (Wildman–Crippen MR) is 69.9 cm³/mol. The molecule has 0 aliphatic rings. The molecule has 3 N–H and O–H groups in total. The Hall–Kier alpha value is -2.89. The first-order chi connectivity index (χ1) is 9.24. The van der Waals surface area contributed by atoms with E-state index >= 15 is 0 Å². The number of aromatic hydroxyl groups is 1. The van der Waals surface area contributed by atoms with E-state index < -0.39 is 0 Å². The fraction of sp³-hybridized carbons (Fsp3) is 0. The van der Waals surface area contributed by atoms with Crippen molar-refractivity contribution in [2.45, 2.75) is 0 Å². The molecule has 0 fully saturated rings. The van der Waals surface area contributed by atoms with Gasteiger partial charge in [0.25, 0.3) is 5.91 Å². The van der Waals surface area contributed by atoms with Crippen LogP contribution in [0.15, 0.2) is 42.7 Å². The number of benzene rings is 1. The Bertz CT molecular complexity index is 751. The van der Waals surface area contributed by atoms with Crippen LogP contribution in [-0.2, 0) is 0 Å². The van der Waals surface area contributed by atoms with Gasteiger partial charge in [-0.05, 0) is 18.2 Å². The smallest absolute Gasteiger partial charge is 0.276 e. The van der Waals surface area contributed by atoms with Crippen LogP contribution >= 0.6 is 0 Å². The molecule has 1 amide bonds. The van der Waals surface area contributed by atoms with E-state index in [9.17, 15) is 9.90 Å². The number of phenolic OH excluding ortho intramolecular Hbond substituents is 1. The fourth-order valence-corrected chi connectivity index (χ4v) is 1.80. The molecule has 6 nitrogen and oxygen atoms in total. The molecular weight excluding hydrogens is 244 g/mol. The number of carbonyl (C=O) groups is 1. The van der Waals surface area contributed by atoms with Gasteiger partial charge in [-0.25, -0.2) is 0 Å². The Labute approximate surface area is 108 Å². The molecule has 6 heteroatoms. The van der Waals surface area contributed by atoms with Crippen LogP contribution in [0.2, 0.25) is 0 Å². The molecule has 3 rings (SSSR count). The predicted octanol–water partition coefficient (Wildman–Crippen LogP) is 1.92. The molecule has 0 saturated heterocycles. The summed E-state index contributed by atoms with van der Waals surface area (Å²) in [6.45, 7) is 0. The topological polar surface area (TPSA) is 90.9 Å². The van der Waals surface area contributed by atoms with Crippen LogP contribution < -0.4 is 5.32 Å². The summed E-state index contributed by atoms with van der Waals surface area (Å²) < 4.78 is 0. The highest BCUT2D eigenvalue weighted by Gasteiger charge is 2.14. The molecule has 0 atom stereocenters. The SMILES string of the molecule is O=C(Nc1cccc(O)c1)c1n[nH]c2ccncc12. The quantitative estimate of drug-likeness (QED) is 0.651. The van der Waals surface area contributed by atoms with Gasteiger partial charge in [-0.15, -0.1) is 0 Å². The maximum atomic E-state index is 12.1. The molecule has 1 aromatic carbocycles. The van der Waals surface area contributed by atoms with E-state index in [1.165, 1.54) is 12.1 Å². The number of amides is 1. The number of nitrogens with zero attached hydrogens (tertiary/aromatic N) is 2. The number of rotatable bonds is 2.